The van der Waals surface area contributed by atoms with E-state index in [1.807, 2.05) is 0 Å². The number of hydrogen-bond donors (Lipinski definition) is 0. The van der Waals surface area contributed by atoms with Crippen LogP contribution in [0.4, 0.5) is 0 Å². The van der Waals surface area contributed by atoms with E-state index in [1.54, 1.807) is 0 Å². The first-order valence-corrected chi connectivity index (χ1v) is 7.73. The average Bonchev–Trinajstić information content (AvgIpc) is 3.00. The molecule has 0 aliphatic heterocycles. The highest BCUT2D eigenvalue weighted by Crippen LogP contribution is 2.44. The minimum Gasteiger partial charge on any atom is -0.468 e. The van der Waals surface area contributed by atoms with Gasteiger partial charge in [0.2, 0.25) is 0 Å². The molecule has 0 saturated heterocycles. The molecule has 1 rings (SSSR count). The molecule has 0 spiro atoms. The molecular formula is C16H28O5. The Balaban J connectivity index is 2.88. The summed E-state index contributed by atoms with van der Waals surface area (Å²) in [7, 11) is 2.65. The summed E-state index contributed by atoms with van der Waals surface area (Å²) in [6.07, 6.45) is 4.10. The van der Waals surface area contributed by atoms with Crippen LogP contribution in [-0.2, 0) is 23.8 Å². The maximum atomic E-state index is 12.4. The molecule has 1 aliphatic carbocycles. The number of ether oxygens (including phenoxy) is 3. The van der Waals surface area contributed by atoms with Crippen molar-refractivity contribution in [1.29, 1.82) is 0 Å². The minimum absolute atomic E-state index is 0.0138. The molecule has 0 amide bonds. The molecule has 21 heavy (non-hydrogen) atoms. The van der Waals surface area contributed by atoms with Crippen molar-refractivity contribution in [1.82, 2.24) is 0 Å². The van der Waals surface area contributed by atoms with E-state index in [0.717, 1.165) is 25.7 Å². The summed E-state index contributed by atoms with van der Waals surface area (Å²) >= 11 is 0. The second-order valence-corrected chi connectivity index (χ2v) is 6.15. The standard InChI is InChI=1S/C16H28O5/c1-12(2)11-21-10-9-16(14(17)19-3,15(18)20-4)13-7-5-6-8-13/h12-13H,5-11H2,1-4H3. The Morgan fingerprint density at radius 3 is 2.05 bits per heavy atom. The summed E-state index contributed by atoms with van der Waals surface area (Å²) in [5.74, 6) is -0.578. The Bertz CT molecular complexity index is 329. The Hall–Kier alpha value is -1.10. The smallest absolute Gasteiger partial charge is 0.323 e. The SMILES string of the molecule is COC(=O)C(CCOCC(C)C)(C(=O)OC)C1CCCC1. The third kappa shape index (κ3) is 4.19. The zero-order valence-electron chi connectivity index (χ0n) is 13.6. The van der Waals surface area contributed by atoms with Crippen LogP contribution < -0.4 is 0 Å². The predicted molar refractivity (Wildman–Crippen MR) is 78.7 cm³/mol. The van der Waals surface area contributed by atoms with E-state index in [9.17, 15) is 9.59 Å². The molecule has 0 atom stereocenters. The van der Waals surface area contributed by atoms with Crippen molar-refractivity contribution in [3.8, 4) is 0 Å². The molecule has 1 aliphatic rings. The number of rotatable bonds is 8. The van der Waals surface area contributed by atoms with Gasteiger partial charge in [-0.3, -0.25) is 9.59 Å². The van der Waals surface area contributed by atoms with Crippen molar-refractivity contribution in [2.75, 3.05) is 27.4 Å². The van der Waals surface area contributed by atoms with Crippen molar-refractivity contribution < 1.29 is 23.8 Å². The fourth-order valence-corrected chi connectivity index (χ4v) is 3.16. The van der Waals surface area contributed by atoms with E-state index in [4.69, 9.17) is 14.2 Å². The van der Waals surface area contributed by atoms with Gasteiger partial charge in [0.15, 0.2) is 5.41 Å². The molecule has 0 unspecified atom stereocenters. The minimum atomic E-state index is -1.21. The van der Waals surface area contributed by atoms with Crippen LogP contribution in [0.3, 0.4) is 0 Å². The second-order valence-electron chi connectivity index (χ2n) is 6.15. The molecule has 0 aromatic heterocycles. The molecule has 1 saturated carbocycles. The Morgan fingerprint density at radius 2 is 1.62 bits per heavy atom. The summed E-state index contributed by atoms with van der Waals surface area (Å²) in [6, 6.07) is 0. The van der Waals surface area contributed by atoms with Gasteiger partial charge < -0.3 is 14.2 Å². The molecule has 0 aromatic rings. The summed E-state index contributed by atoms with van der Waals surface area (Å²) in [5.41, 5.74) is -1.21. The van der Waals surface area contributed by atoms with Crippen LogP contribution in [0.1, 0.15) is 46.0 Å². The van der Waals surface area contributed by atoms with Gasteiger partial charge in [0.1, 0.15) is 0 Å². The molecule has 5 heteroatoms. The van der Waals surface area contributed by atoms with Crippen LogP contribution in [0.2, 0.25) is 0 Å². The van der Waals surface area contributed by atoms with Crippen LogP contribution in [0.5, 0.6) is 0 Å². The summed E-state index contributed by atoms with van der Waals surface area (Å²) < 4.78 is 15.5. The van der Waals surface area contributed by atoms with Crippen molar-refractivity contribution in [2.24, 2.45) is 17.3 Å². The maximum Gasteiger partial charge on any atom is 0.323 e. The van der Waals surface area contributed by atoms with E-state index < -0.39 is 17.4 Å². The van der Waals surface area contributed by atoms with Crippen LogP contribution in [-0.4, -0.2) is 39.4 Å². The van der Waals surface area contributed by atoms with Crippen molar-refractivity contribution in [3.05, 3.63) is 0 Å². The van der Waals surface area contributed by atoms with E-state index in [2.05, 4.69) is 13.8 Å². The Kier molecular flexibility index (Phi) is 7.15. The van der Waals surface area contributed by atoms with Crippen LogP contribution >= 0.6 is 0 Å². The molecule has 0 bridgehead atoms. The third-order valence-electron chi connectivity index (χ3n) is 4.24. The fourth-order valence-electron chi connectivity index (χ4n) is 3.16. The van der Waals surface area contributed by atoms with Crippen molar-refractivity contribution in [2.45, 2.75) is 46.0 Å². The zero-order valence-corrected chi connectivity index (χ0v) is 13.6. The van der Waals surface area contributed by atoms with Crippen molar-refractivity contribution in [3.63, 3.8) is 0 Å². The van der Waals surface area contributed by atoms with Crippen LogP contribution in [0.15, 0.2) is 0 Å². The zero-order chi connectivity index (χ0) is 15.9. The van der Waals surface area contributed by atoms with Gasteiger partial charge in [-0.2, -0.15) is 0 Å². The molecule has 5 nitrogen and oxygen atoms in total. The number of methoxy groups -OCH3 is 2. The second kappa shape index (κ2) is 8.37. The maximum absolute atomic E-state index is 12.4. The largest absolute Gasteiger partial charge is 0.468 e. The highest BCUT2D eigenvalue weighted by Gasteiger charge is 2.54. The lowest BCUT2D eigenvalue weighted by atomic mass is 9.72. The van der Waals surface area contributed by atoms with E-state index >= 15 is 0 Å². The lowest BCUT2D eigenvalue weighted by Crippen LogP contribution is -2.47. The Morgan fingerprint density at radius 1 is 1.10 bits per heavy atom. The van der Waals surface area contributed by atoms with Gasteiger partial charge >= 0.3 is 11.9 Å². The normalized spacial score (nSPS) is 16.2. The fraction of sp³-hybridized carbons (Fsp3) is 0.875. The average molecular weight is 300 g/mol. The van der Waals surface area contributed by atoms with E-state index in [-0.39, 0.29) is 5.92 Å². The number of esters is 2. The lowest BCUT2D eigenvalue weighted by Gasteiger charge is -2.33. The highest BCUT2D eigenvalue weighted by atomic mass is 16.5. The molecular weight excluding hydrogens is 272 g/mol. The molecule has 0 N–H and O–H groups in total. The summed E-state index contributed by atoms with van der Waals surface area (Å²) in [6.45, 7) is 5.09. The first-order chi connectivity index (χ1) is 9.98. The van der Waals surface area contributed by atoms with E-state index in [1.165, 1.54) is 14.2 Å². The summed E-state index contributed by atoms with van der Waals surface area (Å²) in [5, 5.41) is 0. The van der Waals surface area contributed by atoms with Gasteiger partial charge in [-0.15, -0.1) is 0 Å². The van der Waals surface area contributed by atoms with Gasteiger partial charge in [0, 0.05) is 13.2 Å². The number of carbonyl (C=O) groups excluding carboxylic acids is 2. The van der Waals surface area contributed by atoms with Gasteiger partial charge in [0.25, 0.3) is 0 Å². The molecule has 0 aromatic carbocycles. The van der Waals surface area contributed by atoms with Gasteiger partial charge in [-0.25, -0.2) is 0 Å². The van der Waals surface area contributed by atoms with Gasteiger partial charge in [0.05, 0.1) is 14.2 Å². The monoisotopic (exact) mass is 300 g/mol. The predicted octanol–water partition coefficient (Wildman–Crippen LogP) is 2.57. The van der Waals surface area contributed by atoms with Crippen LogP contribution in [0, 0.1) is 17.3 Å². The number of hydrogen-bond acceptors (Lipinski definition) is 5. The van der Waals surface area contributed by atoms with Gasteiger partial charge in [-0.1, -0.05) is 26.7 Å². The first kappa shape index (κ1) is 18.0. The summed E-state index contributed by atoms with van der Waals surface area (Å²) in [4.78, 5) is 24.7. The van der Waals surface area contributed by atoms with Crippen LogP contribution in [0.25, 0.3) is 0 Å². The molecule has 122 valence electrons. The van der Waals surface area contributed by atoms with E-state index in [0.29, 0.717) is 25.6 Å². The molecule has 1 fully saturated rings. The topological polar surface area (TPSA) is 61.8 Å². The lowest BCUT2D eigenvalue weighted by molar-refractivity contribution is -0.176. The van der Waals surface area contributed by atoms with Gasteiger partial charge in [-0.05, 0) is 31.1 Å². The quantitative estimate of drug-likeness (QED) is 0.392. The number of carbonyl (C=O) groups is 2. The van der Waals surface area contributed by atoms with Crippen molar-refractivity contribution >= 4 is 11.9 Å². The molecule has 0 heterocycles. The third-order valence-corrected chi connectivity index (χ3v) is 4.24. The highest BCUT2D eigenvalue weighted by molar-refractivity contribution is 6.00. The molecule has 0 radical (unpaired) electrons. The first-order valence-electron chi connectivity index (χ1n) is 7.73. The Labute approximate surface area is 127 Å².